The van der Waals surface area contributed by atoms with Crippen molar-refractivity contribution in [1.29, 1.82) is 0 Å². The van der Waals surface area contributed by atoms with Gasteiger partial charge in [-0.05, 0) is 32.1 Å². The highest BCUT2D eigenvalue weighted by molar-refractivity contribution is 14.0. The van der Waals surface area contributed by atoms with Crippen LogP contribution in [0.3, 0.4) is 0 Å². The van der Waals surface area contributed by atoms with E-state index in [4.69, 9.17) is 4.99 Å². The van der Waals surface area contributed by atoms with Crippen molar-refractivity contribution in [3.63, 3.8) is 0 Å². The molecule has 1 saturated carbocycles. The maximum absolute atomic E-state index is 4.77. The van der Waals surface area contributed by atoms with Crippen molar-refractivity contribution < 1.29 is 0 Å². The van der Waals surface area contributed by atoms with Gasteiger partial charge in [0.1, 0.15) is 0 Å². The number of nitrogens with one attached hydrogen (secondary N) is 2. The number of aromatic nitrogens is 2. The van der Waals surface area contributed by atoms with Gasteiger partial charge in [-0.25, -0.2) is 4.99 Å². The smallest absolute Gasteiger partial charge is 0.191 e. The van der Waals surface area contributed by atoms with Crippen LogP contribution in [0.1, 0.15) is 51.1 Å². The SMILES string of the molecule is CCNC(=NCc1c(CC)nn(C)c1CC)NC1CC1C.I. The van der Waals surface area contributed by atoms with E-state index >= 15 is 0 Å². The van der Waals surface area contributed by atoms with Crippen molar-refractivity contribution >= 4 is 29.9 Å². The molecule has 0 saturated heterocycles. The first-order valence-corrected chi connectivity index (χ1v) is 8.19. The highest BCUT2D eigenvalue weighted by Gasteiger charge is 2.33. The minimum Gasteiger partial charge on any atom is -0.357 e. The molecule has 6 heteroatoms. The Morgan fingerprint density at radius 2 is 2.00 bits per heavy atom. The lowest BCUT2D eigenvalue weighted by atomic mass is 10.1. The molecule has 1 heterocycles. The van der Waals surface area contributed by atoms with Gasteiger partial charge in [0.2, 0.25) is 0 Å². The Hall–Kier alpha value is -0.790. The summed E-state index contributed by atoms with van der Waals surface area (Å²) in [5.41, 5.74) is 3.77. The average molecular weight is 419 g/mol. The van der Waals surface area contributed by atoms with Gasteiger partial charge in [0.15, 0.2) is 5.96 Å². The third kappa shape index (κ3) is 4.60. The van der Waals surface area contributed by atoms with Crippen molar-refractivity contribution in [2.75, 3.05) is 6.54 Å². The number of halogens is 1. The first-order chi connectivity index (χ1) is 10.1. The van der Waals surface area contributed by atoms with Gasteiger partial charge >= 0.3 is 0 Å². The third-order valence-corrected chi connectivity index (χ3v) is 4.20. The zero-order valence-electron chi connectivity index (χ0n) is 14.4. The summed E-state index contributed by atoms with van der Waals surface area (Å²) in [7, 11) is 2.03. The van der Waals surface area contributed by atoms with E-state index < -0.39 is 0 Å². The summed E-state index contributed by atoms with van der Waals surface area (Å²) >= 11 is 0. The lowest BCUT2D eigenvalue weighted by molar-refractivity contribution is 0.703. The molecule has 1 aromatic heterocycles. The monoisotopic (exact) mass is 419 g/mol. The summed E-state index contributed by atoms with van der Waals surface area (Å²) in [6.45, 7) is 10.3. The summed E-state index contributed by atoms with van der Waals surface area (Å²) in [5.74, 6) is 1.70. The van der Waals surface area contributed by atoms with E-state index in [2.05, 4.69) is 43.4 Å². The maximum Gasteiger partial charge on any atom is 0.191 e. The fourth-order valence-corrected chi connectivity index (χ4v) is 2.75. The second kappa shape index (κ2) is 8.74. The van der Waals surface area contributed by atoms with Gasteiger partial charge < -0.3 is 10.6 Å². The van der Waals surface area contributed by atoms with Crippen LogP contribution in [0.15, 0.2) is 4.99 Å². The van der Waals surface area contributed by atoms with Gasteiger partial charge in [0.25, 0.3) is 0 Å². The van der Waals surface area contributed by atoms with Crippen LogP contribution >= 0.6 is 24.0 Å². The molecular weight excluding hydrogens is 389 g/mol. The van der Waals surface area contributed by atoms with Crippen LogP contribution < -0.4 is 10.6 Å². The van der Waals surface area contributed by atoms with Crippen LogP contribution in [0.5, 0.6) is 0 Å². The third-order valence-electron chi connectivity index (χ3n) is 4.20. The van der Waals surface area contributed by atoms with Gasteiger partial charge in [-0.2, -0.15) is 5.10 Å². The number of guanidine groups is 1. The van der Waals surface area contributed by atoms with Gasteiger partial charge in [-0.1, -0.05) is 20.8 Å². The molecule has 5 nitrogen and oxygen atoms in total. The summed E-state index contributed by atoms with van der Waals surface area (Å²) < 4.78 is 2.01. The number of aliphatic imine (C=N–C) groups is 1. The van der Waals surface area contributed by atoms with Crippen LogP contribution in [0.25, 0.3) is 0 Å². The largest absolute Gasteiger partial charge is 0.357 e. The lowest BCUT2D eigenvalue weighted by Crippen LogP contribution is -2.39. The molecule has 2 atom stereocenters. The molecule has 0 bridgehead atoms. The van der Waals surface area contributed by atoms with Gasteiger partial charge in [-0.3, -0.25) is 4.68 Å². The van der Waals surface area contributed by atoms with E-state index in [-0.39, 0.29) is 24.0 Å². The quantitative estimate of drug-likeness (QED) is 0.424. The van der Waals surface area contributed by atoms with Gasteiger partial charge in [0.05, 0.1) is 12.2 Å². The molecule has 0 spiro atoms. The zero-order chi connectivity index (χ0) is 15.4. The number of rotatable bonds is 6. The molecule has 2 N–H and O–H groups in total. The summed E-state index contributed by atoms with van der Waals surface area (Å²) in [6, 6.07) is 0.591. The summed E-state index contributed by atoms with van der Waals surface area (Å²) in [6.07, 6.45) is 3.21. The fraction of sp³-hybridized carbons (Fsp3) is 0.750. The Balaban J connectivity index is 0.00000242. The second-order valence-corrected chi connectivity index (χ2v) is 5.86. The van der Waals surface area contributed by atoms with Crippen LogP contribution in [0, 0.1) is 5.92 Å². The Morgan fingerprint density at radius 1 is 1.32 bits per heavy atom. The highest BCUT2D eigenvalue weighted by atomic mass is 127. The zero-order valence-corrected chi connectivity index (χ0v) is 16.8. The van der Waals surface area contributed by atoms with Crippen molar-refractivity contribution in [1.82, 2.24) is 20.4 Å². The molecule has 0 radical (unpaired) electrons. The molecule has 1 aliphatic carbocycles. The molecule has 126 valence electrons. The highest BCUT2D eigenvalue weighted by Crippen LogP contribution is 2.28. The molecule has 0 aliphatic heterocycles. The predicted octanol–water partition coefficient (Wildman–Crippen LogP) is 2.63. The molecule has 1 aliphatic rings. The Kier molecular flexibility index (Phi) is 7.65. The van der Waals surface area contributed by atoms with Crippen LogP contribution in [0.2, 0.25) is 0 Å². The van der Waals surface area contributed by atoms with Crippen LogP contribution in [-0.4, -0.2) is 28.3 Å². The number of nitrogens with zero attached hydrogens (tertiary/aromatic N) is 3. The number of hydrogen-bond donors (Lipinski definition) is 2. The van der Waals surface area contributed by atoms with E-state index in [1.807, 2.05) is 11.7 Å². The Bertz CT molecular complexity index is 509. The minimum absolute atomic E-state index is 0. The van der Waals surface area contributed by atoms with Crippen molar-refractivity contribution in [3.8, 4) is 0 Å². The molecule has 1 aromatic rings. The van der Waals surface area contributed by atoms with Crippen molar-refractivity contribution in [2.24, 2.45) is 18.0 Å². The second-order valence-electron chi connectivity index (χ2n) is 5.86. The van der Waals surface area contributed by atoms with E-state index in [1.165, 1.54) is 23.4 Å². The van der Waals surface area contributed by atoms with Crippen molar-refractivity contribution in [3.05, 3.63) is 17.0 Å². The topological polar surface area (TPSA) is 54.2 Å². The molecule has 0 amide bonds. The molecule has 1 fully saturated rings. The standard InChI is InChI=1S/C16H29N5.HI/c1-6-13-12(15(7-2)21(5)20-13)10-18-16(17-8-3)19-14-9-11(14)4;/h11,14H,6-10H2,1-5H3,(H2,17,18,19);1H. The number of hydrogen-bond acceptors (Lipinski definition) is 2. The fourth-order valence-electron chi connectivity index (χ4n) is 2.75. The van der Waals surface area contributed by atoms with Gasteiger partial charge in [0, 0.05) is 30.9 Å². The van der Waals surface area contributed by atoms with Crippen LogP contribution in [0.4, 0.5) is 0 Å². The van der Waals surface area contributed by atoms with Crippen molar-refractivity contribution in [2.45, 2.75) is 59.5 Å². The van der Waals surface area contributed by atoms with Crippen LogP contribution in [-0.2, 0) is 26.4 Å². The Labute approximate surface area is 151 Å². The summed E-state index contributed by atoms with van der Waals surface area (Å²) in [5, 5.41) is 11.5. The van der Waals surface area contributed by atoms with E-state index in [1.54, 1.807) is 0 Å². The molecule has 2 unspecified atom stereocenters. The predicted molar refractivity (Wildman–Crippen MR) is 103 cm³/mol. The molecule has 22 heavy (non-hydrogen) atoms. The maximum atomic E-state index is 4.77. The first kappa shape index (κ1) is 19.3. The molecular formula is C16H30IN5. The first-order valence-electron chi connectivity index (χ1n) is 8.19. The summed E-state index contributed by atoms with van der Waals surface area (Å²) in [4.78, 5) is 4.77. The normalized spacial score (nSPS) is 20.5. The van der Waals surface area contributed by atoms with E-state index in [9.17, 15) is 0 Å². The molecule has 0 aromatic carbocycles. The van der Waals surface area contributed by atoms with E-state index in [0.29, 0.717) is 12.6 Å². The Morgan fingerprint density at radius 3 is 2.50 bits per heavy atom. The minimum atomic E-state index is 0. The molecule has 2 rings (SSSR count). The lowest BCUT2D eigenvalue weighted by Gasteiger charge is -2.11. The van der Waals surface area contributed by atoms with Gasteiger partial charge in [-0.15, -0.1) is 24.0 Å². The van der Waals surface area contributed by atoms with E-state index in [0.717, 1.165) is 31.3 Å². The average Bonchev–Trinajstić information content (AvgIpc) is 3.05. The number of aryl methyl sites for hydroxylation is 2.